The van der Waals surface area contributed by atoms with Crippen LogP contribution in [0.4, 0.5) is 0 Å². The average Bonchev–Trinajstić information content (AvgIpc) is 2.96. The summed E-state index contributed by atoms with van der Waals surface area (Å²) in [4.78, 5) is 11.2. The largest absolute Gasteiger partial charge is 0.467 e. The second kappa shape index (κ2) is 11.2. The first-order valence-corrected chi connectivity index (χ1v) is 8.78. The molecule has 1 aromatic heterocycles. The number of carbonyl (C=O) groups is 1. The highest BCUT2D eigenvalue weighted by atomic mass is 16.6. The number of methoxy groups -OCH3 is 1. The van der Waals surface area contributed by atoms with Crippen LogP contribution >= 0.6 is 0 Å². The number of nitrogens with zero attached hydrogens (tertiary/aromatic N) is 3. The lowest BCUT2D eigenvalue weighted by atomic mass is 9.99. The van der Waals surface area contributed by atoms with Gasteiger partial charge in [-0.1, -0.05) is 44.7 Å². The number of esters is 1. The van der Waals surface area contributed by atoms with Crippen LogP contribution in [-0.4, -0.2) is 34.7 Å². The number of hydrogen-bond donors (Lipinski definition) is 0. The van der Waals surface area contributed by atoms with Crippen molar-refractivity contribution in [3.8, 4) is 0 Å². The highest BCUT2D eigenvalue weighted by molar-refractivity contribution is 5.70. The van der Waals surface area contributed by atoms with Crippen LogP contribution in [0.25, 0.3) is 0 Å². The van der Waals surface area contributed by atoms with Gasteiger partial charge in [-0.25, -0.2) is 9.48 Å². The van der Waals surface area contributed by atoms with E-state index in [1.165, 1.54) is 26.4 Å². The first kappa shape index (κ1) is 19.6. The molecule has 0 radical (unpaired) electrons. The Balaban J connectivity index is 0.000000593. The van der Waals surface area contributed by atoms with Gasteiger partial charge >= 0.3 is 5.97 Å². The molecule has 1 unspecified atom stereocenters. The molecule has 0 fully saturated rings. The predicted molar refractivity (Wildman–Crippen MR) is 89.2 cm³/mol. The van der Waals surface area contributed by atoms with Gasteiger partial charge in [0.05, 0.1) is 12.8 Å². The first-order chi connectivity index (χ1) is 11.2. The molecular weight excluding hydrogens is 294 g/mol. The minimum Gasteiger partial charge on any atom is -0.467 e. The fourth-order valence-corrected chi connectivity index (χ4v) is 2.43. The zero-order chi connectivity index (χ0) is 17.1. The maximum atomic E-state index is 11.2. The molecule has 2 rings (SSSR count). The fourth-order valence-electron chi connectivity index (χ4n) is 2.43. The number of fused-ring (bicyclic) bond motifs is 1. The maximum absolute atomic E-state index is 11.2. The summed E-state index contributed by atoms with van der Waals surface area (Å²) < 4.78 is 12.2. The zero-order valence-corrected chi connectivity index (χ0v) is 15.0. The molecule has 0 saturated heterocycles. The Morgan fingerprint density at radius 2 is 1.96 bits per heavy atom. The molecule has 1 aliphatic carbocycles. The van der Waals surface area contributed by atoms with Gasteiger partial charge in [0.15, 0.2) is 0 Å². The number of ether oxygens (including phenoxy) is 2. The normalized spacial score (nSPS) is 17.3. The summed E-state index contributed by atoms with van der Waals surface area (Å²) in [6.45, 7) is 7.20. The zero-order valence-electron chi connectivity index (χ0n) is 15.0. The number of aryl methyl sites for hydroxylation is 1. The van der Waals surface area contributed by atoms with Gasteiger partial charge in [0.25, 0.3) is 0 Å². The molecule has 23 heavy (non-hydrogen) atoms. The molecule has 0 saturated carbocycles. The van der Waals surface area contributed by atoms with Crippen molar-refractivity contribution >= 4 is 5.97 Å². The molecule has 0 N–H and O–H groups in total. The van der Waals surface area contributed by atoms with Crippen molar-refractivity contribution in [3.63, 3.8) is 0 Å². The van der Waals surface area contributed by atoms with Gasteiger partial charge in [-0.15, -0.1) is 5.10 Å². The number of rotatable bonds is 5. The molecule has 0 spiro atoms. The molecule has 1 heterocycles. The minimum atomic E-state index is -0.355. The van der Waals surface area contributed by atoms with Crippen LogP contribution in [0.1, 0.15) is 76.8 Å². The second-order valence-corrected chi connectivity index (χ2v) is 5.71. The van der Waals surface area contributed by atoms with Crippen molar-refractivity contribution in [1.82, 2.24) is 15.0 Å². The molecule has 0 aliphatic heterocycles. The molecule has 1 aromatic rings. The van der Waals surface area contributed by atoms with Crippen molar-refractivity contribution < 1.29 is 14.3 Å². The van der Waals surface area contributed by atoms with E-state index in [1.54, 1.807) is 0 Å². The van der Waals surface area contributed by atoms with E-state index in [4.69, 9.17) is 4.74 Å². The quantitative estimate of drug-likeness (QED) is 0.776. The summed E-state index contributed by atoms with van der Waals surface area (Å²) in [6.07, 6.45) is 7.77. The number of unbranched alkanes of at least 4 members (excludes halogenated alkanes) is 1. The van der Waals surface area contributed by atoms with Crippen molar-refractivity contribution in [1.29, 1.82) is 0 Å². The summed E-state index contributed by atoms with van der Waals surface area (Å²) in [7, 11) is 1.36. The monoisotopic (exact) mass is 325 g/mol. The van der Waals surface area contributed by atoms with E-state index in [-0.39, 0.29) is 18.7 Å². The molecular formula is C17H31N3O3. The SMILES string of the molecule is CCCC.CCn1nnc2c1CCCCCC2OCC(=O)OC. The molecule has 6 nitrogen and oxygen atoms in total. The molecule has 0 bridgehead atoms. The minimum absolute atomic E-state index is 0.0282. The van der Waals surface area contributed by atoms with Gasteiger partial charge in [0, 0.05) is 6.54 Å². The van der Waals surface area contributed by atoms with Gasteiger partial charge < -0.3 is 9.47 Å². The maximum Gasteiger partial charge on any atom is 0.331 e. The topological polar surface area (TPSA) is 66.2 Å². The van der Waals surface area contributed by atoms with Crippen LogP contribution in [0.3, 0.4) is 0 Å². The third kappa shape index (κ3) is 6.29. The average molecular weight is 325 g/mol. The predicted octanol–water partition coefficient (Wildman–Crippen LogP) is 3.45. The van der Waals surface area contributed by atoms with Crippen molar-refractivity contribution in [2.45, 2.75) is 78.4 Å². The highest BCUT2D eigenvalue weighted by Gasteiger charge is 2.24. The van der Waals surface area contributed by atoms with E-state index in [0.29, 0.717) is 0 Å². The van der Waals surface area contributed by atoms with E-state index in [1.807, 2.05) is 4.68 Å². The van der Waals surface area contributed by atoms with Gasteiger partial charge in [0.2, 0.25) is 0 Å². The van der Waals surface area contributed by atoms with Gasteiger partial charge in [0.1, 0.15) is 18.4 Å². The smallest absolute Gasteiger partial charge is 0.331 e. The van der Waals surface area contributed by atoms with E-state index in [0.717, 1.165) is 43.6 Å². The lowest BCUT2D eigenvalue weighted by Gasteiger charge is -2.19. The Morgan fingerprint density at radius 1 is 1.22 bits per heavy atom. The second-order valence-electron chi connectivity index (χ2n) is 5.71. The van der Waals surface area contributed by atoms with Crippen LogP contribution in [0.5, 0.6) is 0 Å². The summed E-state index contributed by atoms with van der Waals surface area (Å²) in [6, 6.07) is 0. The van der Waals surface area contributed by atoms with E-state index in [9.17, 15) is 4.79 Å². The molecule has 0 aromatic carbocycles. The fraction of sp³-hybridized carbons (Fsp3) is 0.824. The lowest BCUT2D eigenvalue weighted by Crippen LogP contribution is -2.17. The van der Waals surface area contributed by atoms with Crippen molar-refractivity contribution in [2.75, 3.05) is 13.7 Å². The lowest BCUT2D eigenvalue weighted by molar-refractivity contribution is -0.148. The Labute approximate surface area is 139 Å². The number of carbonyl (C=O) groups excluding carboxylic acids is 1. The van der Waals surface area contributed by atoms with Gasteiger partial charge in [-0.05, 0) is 26.2 Å². The van der Waals surface area contributed by atoms with Crippen LogP contribution in [0, 0.1) is 0 Å². The first-order valence-electron chi connectivity index (χ1n) is 8.78. The highest BCUT2D eigenvalue weighted by Crippen LogP contribution is 2.29. The van der Waals surface area contributed by atoms with E-state index >= 15 is 0 Å². The van der Waals surface area contributed by atoms with E-state index in [2.05, 4.69) is 35.8 Å². The molecule has 132 valence electrons. The standard InChI is InChI=1S/C13H21N3O3.C4H10/c1-3-16-10-7-5-4-6-8-11(13(10)14-15-16)19-9-12(17)18-2;1-3-4-2/h11H,3-9H2,1-2H3;3-4H2,1-2H3. The molecule has 1 atom stereocenters. The van der Waals surface area contributed by atoms with Crippen LogP contribution in [-0.2, 0) is 27.2 Å². The molecule has 6 heteroatoms. The van der Waals surface area contributed by atoms with Crippen molar-refractivity contribution in [3.05, 3.63) is 11.4 Å². The Kier molecular flexibility index (Phi) is 9.52. The molecule has 1 aliphatic rings. The Hall–Kier alpha value is -1.43. The van der Waals surface area contributed by atoms with Crippen molar-refractivity contribution in [2.24, 2.45) is 0 Å². The van der Waals surface area contributed by atoms with E-state index < -0.39 is 0 Å². The van der Waals surface area contributed by atoms with Crippen LogP contribution in [0.15, 0.2) is 0 Å². The third-order valence-corrected chi connectivity index (χ3v) is 3.98. The van der Waals surface area contributed by atoms with Gasteiger partial charge in [-0.2, -0.15) is 0 Å². The molecule has 0 amide bonds. The number of hydrogen-bond acceptors (Lipinski definition) is 5. The number of aromatic nitrogens is 3. The van der Waals surface area contributed by atoms with Crippen LogP contribution < -0.4 is 0 Å². The third-order valence-electron chi connectivity index (χ3n) is 3.98. The Bertz CT molecular complexity index is 458. The van der Waals surface area contributed by atoms with Crippen LogP contribution in [0.2, 0.25) is 0 Å². The summed E-state index contributed by atoms with van der Waals surface area (Å²) in [5.74, 6) is -0.355. The Morgan fingerprint density at radius 3 is 2.57 bits per heavy atom. The van der Waals surface area contributed by atoms with Gasteiger partial charge in [-0.3, -0.25) is 0 Å². The summed E-state index contributed by atoms with van der Waals surface area (Å²) in [5, 5.41) is 8.42. The summed E-state index contributed by atoms with van der Waals surface area (Å²) >= 11 is 0. The summed E-state index contributed by atoms with van der Waals surface area (Å²) in [5.41, 5.74) is 2.04.